The molecular formula is C20H14Cl2FNO2. The van der Waals surface area contributed by atoms with Crippen molar-refractivity contribution in [2.75, 3.05) is 5.32 Å². The highest BCUT2D eigenvalue weighted by atomic mass is 35.5. The van der Waals surface area contributed by atoms with E-state index in [9.17, 15) is 14.3 Å². The van der Waals surface area contributed by atoms with Gasteiger partial charge in [0.2, 0.25) is 0 Å². The third-order valence-corrected chi connectivity index (χ3v) is 4.26. The van der Waals surface area contributed by atoms with Gasteiger partial charge >= 0.3 is 5.97 Å². The molecule has 0 spiro atoms. The van der Waals surface area contributed by atoms with Crippen LogP contribution in [0.25, 0.3) is 11.1 Å². The number of aromatic carboxylic acids is 1. The minimum absolute atomic E-state index is 0.143. The summed E-state index contributed by atoms with van der Waals surface area (Å²) in [6.07, 6.45) is 0. The van der Waals surface area contributed by atoms with Crippen LogP contribution in [0, 0.1) is 5.82 Å². The number of halogens is 3. The molecule has 0 aliphatic rings. The molecule has 0 saturated carbocycles. The molecule has 0 bridgehead atoms. The Morgan fingerprint density at radius 1 is 1.00 bits per heavy atom. The van der Waals surface area contributed by atoms with Crippen molar-refractivity contribution in [1.82, 2.24) is 0 Å². The number of rotatable bonds is 5. The average molecular weight is 390 g/mol. The van der Waals surface area contributed by atoms with Gasteiger partial charge in [0.1, 0.15) is 5.82 Å². The smallest absolute Gasteiger partial charge is 0.337 e. The second kappa shape index (κ2) is 7.77. The molecule has 0 saturated heterocycles. The van der Waals surface area contributed by atoms with E-state index in [1.54, 1.807) is 42.5 Å². The first kappa shape index (κ1) is 18.2. The maximum Gasteiger partial charge on any atom is 0.337 e. The fourth-order valence-corrected chi connectivity index (χ4v) is 3.22. The normalized spacial score (nSPS) is 10.6. The van der Waals surface area contributed by atoms with Crippen molar-refractivity contribution in [3.05, 3.63) is 87.7 Å². The number of carboxylic acids is 1. The number of hydrogen-bond acceptors (Lipinski definition) is 2. The van der Waals surface area contributed by atoms with Gasteiger partial charge in [0, 0.05) is 27.8 Å². The lowest BCUT2D eigenvalue weighted by Crippen LogP contribution is -2.08. The second-order valence-corrected chi connectivity index (χ2v) is 6.55. The number of hydrogen-bond donors (Lipinski definition) is 2. The highest BCUT2D eigenvalue weighted by Crippen LogP contribution is 2.30. The van der Waals surface area contributed by atoms with Crippen molar-refractivity contribution in [2.45, 2.75) is 6.54 Å². The molecular weight excluding hydrogens is 376 g/mol. The molecule has 0 aromatic heterocycles. The zero-order valence-electron chi connectivity index (χ0n) is 13.5. The van der Waals surface area contributed by atoms with E-state index in [4.69, 9.17) is 23.2 Å². The van der Waals surface area contributed by atoms with Crippen LogP contribution in [0.4, 0.5) is 10.1 Å². The van der Waals surface area contributed by atoms with Gasteiger partial charge in [-0.3, -0.25) is 0 Å². The van der Waals surface area contributed by atoms with Crippen molar-refractivity contribution in [3.8, 4) is 11.1 Å². The van der Waals surface area contributed by atoms with E-state index in [0.717, 1.165) is 11.6 Å². The molecule has 0 aliphatic carbocycles. The van der Waals surface area contributed by atoms with Gasteiger partial charge in [-0.2, -0.15) is 0 Å². The van der Waals surface area contributed by atoms with Crippen LogP contribution in [-0.4, -0.2) is 11.1 Å². The molecule has 132 valence electrons. The molecule has 3 rings (SSSR count). The van der Waals surface area contributed by atoms with Gasteiger partial charge in [-0.05, 0) is 41.5 Å². The molecule has 2 N–H and O–H groups in total. The van der Waals surface area contributed by atoms with Crippen LogP contribution in [0.15, 0.2) is 60.7 Å². The summed E-state index contributed by atoms with van der Waals surface area (Å²) in [6.45, 7) is 0.292. The summed E-state index contributed by atoms with van der Waals surface area (Å²) in [6, 6.07) is 16.5. The minimum atomic E-state index is -1.21. The second-order valence-electron chi connectivity index (χ2n) is 5.68. The number of benzene rings is 3. The van der Waals surface area contributed by atoms with Crippen LogP contribution >= 0.6 is 23.2 Å². The summed E-state index contributed by atoms with van der Waals surface area (Å²) in [4.78, 5) is 11.5. The van der Waals surface area contributed by atoms with Crippen molar-refractivity contribution in [1.29, 1.82) is 0 Å². The highest BCUT2D eigenvalue weighted by Gasteiger charge is 2.16. The van der Waals surface area contributed by atoms with Gasteiger partial charge < -0.3 is 10.4 Å². The first-order valence-corrected chi connectivity index (χ1v) is 8.51. The summed E-state index contributed by atoms with van der Waals surface area (Å²) < 4.78 is 14.4. The number of nitrogens with one attached hydrogen (secondary N) is 1. The van der Waals surface area contributed by atoms with Crippen LogP contribution in [0.2, 0.25) is 10.0 Å². The zero-order valence-corrected chi connectivity index (χ0v) is 15.0. The van der Waals surface area contributed by atoms with Gasteiger partial charge in [0.25, 0.3) is 0 Å². The van der Waals surface area contributed by atoms with Crippen LogP contribution in [0.3, 0.4) is 0 Å². The fraction of sp³-hybridized carbons (Fsp3) is 0.0500. The van der Waals surface area contributed by atoms with Gasteiger partial charge in [0.05, 0.1) is 5.56 Å². The van der Waals surface area contributed by atoms with Gasteiger partial charge in [0.15, 0.2) is 0 Å². The predicted molar refractivity (Wildman–Crippen MR) is 103 cm³/mol. The molecule has 3 aromatic rings. The summed E-state index contributed by atoms with van der Waals surface area (Å²) in [5.41, 5.74) is 1.94. The quantitative estimate of drug-likeness (QED) is 0.553. The van der Waals surface area contributed by atoms with E-state index < -0.39 is 11.8 Å². The van der Waals surface area contributed by atoms with E-state index in [2.05, 4.69) is 5.32 Å². The van der Waals surface area contributed by atoms with E-state index >= 15 is 0 Å². The van der Waals surface area contributed by atoms with Crippen molar-refractivity contribution >= 4 is 34.9 Å². The SMILES string of the molecule is O=C(O)c1cc(F)c(-c2ccccc2)cc1NCc1cc(Cl)cc(Cl)c1. The van der Waals surface area contributed by atoms with E-state index in [1.165, 1.54) is 6.07 Å². The predicted octanol–water partition coefficient (Wildman–Crippen LogP) is 6.11. The van der Waals surface area contributed by atoms with Gasteiger partial charge in [-0.15, -0.1) is 0 Å². The van der Waals surface area contributed by atoms with Gasteiger partial charge in [-0.25, -0.2) is 9.18 Å². The lowest BCUT2D eigenvalue weighted by Gasteiger charge is -2.13. The van der Waals surface area contributed by atoms with Crippen molar-refractivity contribution in [2.24, 2.45) is 0 Å². The van der Waals surface area contributed by atoms with Gasteiger partial charge in [-0.1, -0.05) is 53.5 Å². The van der Waals surface area contributed by atoms with E-state index in [1.807, 2.05) is 6.07 Å². The fourth-order valence-electron chi connectivity index (χ4n) is 2.65. The Hall–Kier alpha value is -2.56. The molecule has 0 radical (unpaired) electrons. The molecule has 0 aliphatic heterocycles. The summed E-state index contributed by atoms with van der Waals surface area (Å²) in [5.74, 6) is -1.81. The lowest BCUT2D eigenvalue weighted by atomic mass is 10.0. The highest BCUT2D eigenvalue weighted by molar-refractivity contribution is 6.34. The average Bonchev–Trinajstić information content (AvgIpc) is 2.60. The Morgan fingerprint density at radius 3 is 2.27 bits per heavy atom. The molecule has 3 aromatic carbocycles. The first-order chi connectivity index (χ1) is 12.4. The Bertz CT molecular complexity index is 941. The molecule has 0 fully saturated rings. The molecule has 6 heteroatoms. The van der Waals surface area contributed by atoms with E-state index in [-0.39, 0.29) is 5.56 Å². The van der Waals surface area contributed by atoms with Crippen LogP contribution < -0.4 is 5.32 Å². The van der Waals surface area contributed by atoms with E-state index in [0.29, 0.717) is 33.4 Å². The third-order valence-electron chi connectivity index (χ3n) is 3.83. The number of carbonyl (C=O) groups is 1. The number of carboxylic acid groups (broad SMARTS) is 1. The van der Waals surface area contributed by atoms with Crippen LogP contribution in [0.1, 0.15) is 15.9 Å². The lowest BCUT2D eigenvalue weighted by molar-refractivity contribution is 0.0697. The molecule has 26 heavy (non-hydrogen) atoms. The Balaban J connectivity index is 1.97. The Kier molecular flexibility index (Phi) is 5.45. The topological polar surface area (TPSA) is 49.3 Å². The monoisotopic (exact) mass is 389 g/mol. The van der Waals surface area contributed by atoms with Crippen molar-refractivity contribution < 1.29 is 14.3 Å². The Labute approximate surface area is 160 Å². The molecule has 0 unspecified atom stereocenters. The first-order valence-electron chi connectivity index (χ1n) is 7.75. The summed E-state index contributed by atoms with van der Waals surface area (Å²) >= 11 is 12.0. The summed E-state index contributed by atoms with van der Waals surface area (Å²) in [5, 5.41) is 13.4. The molecule has 0 amide bonds. The minimum Gasteiger partial charge on any atom is -0.478 e. The summed E-state index contributed by atoms with van der Waals surface area (Å²) in [7, 11) is 0. The largest absolute Gasteiger partial charge is 0.478 e. The number of anilines is 1. The van der Waals surface area contributed by atoms with Crippen LogP contribution in [-0.2, 0) is 6.54 Å². The molecule has 0 heterocycles. The van der Waals surface area contributed by atoms with Crippen LogP contribution in [0.5, 0.6) is 0 Å². The van der Waals surface area contributed by atoms with Crippen molar-refractivity contribution in [3.63, 3.8) is 0 Å². The third kappa shape index (κ3) is 4.15. The Morgan fingerprint density at radius 2 is 1.65 bits per heavy atom. The zero-order chi connectivity index (χ0) is 18.7. The molecule has 0 atom stereocenters. The maximum absolute atomic E-state index is 14.4. The maximum atomic E-state index is 14.4. The standard InChI is InChI=1S/C20H14Cl2FNO2/c21-14-6-12(7-15(22)8-14)11-24-19-10-16(13-4-2-1-3-5-13)18(23)9-17(19)20(25)26/h1-10,24H,11H2,(H,25,26). The molecule has 3 nitrogen and oxygen atoms in total.